The molecule has 2 aromatic carbocycles. The molecular weight excluding hydrogens is 326 g/mol. The van der Waals surface area contributed by atoms with Crippen LogP contribution >= 0.6 is 11.8 Å². The Morgan fingerprint density at radius 2 is 1.65 bits per heavy atom. The topological polar surface area (TPSA) is 37.4 Å². The number of rotatable bonds is 3. The number of benzene rings is 2. The van der Waals surface area contributed by atoms with Gasteiger partial charge >= 0.3 is 0 Å². The lowest BCUT2D eigenvalue weighted by molar-refractivity contribution is 0.253. The first-order valence-corrected chi connectivity index (χ1v) is 10.9. The fourth-order valence-corrected chi connectivity index (χ4v) is 6.88. The van der Waals surface area contributed by atoms with E-state index < -0.39 is 10.0 Å². The Hall–Kier alpha value is -1.04. The minimum absolute atomic E-state index is 0.183. The summed E-state index contributed by atoms with van der Waals surface area (Å²) in [5.41, 5.74) is 0. The average Bonchev–Trinajstić information content (AvgIpc) is 2.86. The standard InChI is InChI=1S/C18H21NO2S2/c1-22-17-11-15-7-8-16(12-17)19(15)23(20,21)18-9-6-13-4-2-3-5-14(13)10-18/h2-6,9-10,15-17H,7-8,11-12H2,1H3. The van der Waals surface area contributed by atoms with Gasteiger partial charge < -0.3 is 0 Å². The molecule has 0 radical (unpaired) electrons. The second kappa shape index (κ2) is 5.80. The molecule has 3 nitrogen and oxygen atoms in total. The van der Waals surface area contributed by atoms with Crippen molar-refractivity contribution in [1.82, 2.24) is 4.31 Å². The molecule has 2 unspecified atom stereocenters. The molecule has 0 N–H and O–H groups in total. The first kappa shape index (κ1) is 15.5. The molecule has 0 amide bonds. The van der Waals surface area contributed by atoms with Gasteiger partial charge in [-0.1, -0.05) is 30.3 Å². The molecule has 4 rings (SSSR count). The first-order valence-electron chi connectivity index (χ1n) is 8.15. The number of hydrogen-bond acceptors (Lipinski definition) is 3. The van der Waals surface area contributed by atoms with E-state index in [1.54, 1.807) is 6.07 Å². The molecule has 122 valence electrons. The van der Waals surface area contributed by atoms with Crippen molar-refractivity contribution in [1.29, 1.82) is 0 Å². The summed E-state index contributed by atoms with van der Waals surface area (Å²) in [5, 5.41) is 2.67. The number of piperidine rings is 1. The molecule has 0 spiro atoms. The summed E-state index contributed by atoms with van der Waals surface area (Å²) in [7, 11) is -3.40. The fourth-order valence-electron chi connectivity index (χ4n) is 4.12. The summed E-state index contributed by atoms with van der Waals surface area (Å²) in [6, 6.07) is 13.8. The number of nitrogens with zero attached hydrogens (tertiary/aromatic N) is 1. The number of thioether (sulfide) groups is 1. The van der Waals surface area contributed by atoms with Crippen LogP contribution in [0.4, 0.5) is 0 Å². The molecule has 2 bridgehead atoms. The highest BCUT2D eigenvalue weighted by atomic mass is 32.2. The van der Waals surface area contributed by atoms with Gasteiger partial charge in [-0.15, -0.1) is 0 Å². The summed E-state index contributed by atoms with van der Waals surface area (Å²) in [6.07, 6.45) is 6.13. The van der Waals surface area contributed by atoms with Gasteiger partial charge in [-0.3, -0.25) is 0 Å². The van der Waals surface area contributed by atoms with E-state index in [0.717, 1.165) is 36.5 Å². The third kappa shape index (κ3) is 2.59. The van der Waals surface area contributed by atoms with Crippen LogP contribution in [0.25, 0.3) is 10.8 Å². The van der Waals surface area contributed by atoms with Crippen molar-refractivity contribution in [3.8, 4) is 0 Å². The van der Waals surface area contributed by atoms with Crippen LogP contribution < -0.4 is 0 Å². The van der Waals surface area contributed by atoms with Crippen molar-refractivity contribution in [2.75, 3.05) is 6.26 Å². The van der Waals surface area contributed by atoms with Gasteiger partial charge in [0.25, 0.3) is 0 Å². The molecule has 0 aromatic heterocycles. The van der Waals surface area contributed by atoms with Gasteiger partial charge in [0, 0.05) is 17.3 Å². The second-order valence-electron chi connectivity index (χ2n) is 6.56. The summed E-state index contributed by atoms with van der Waals surface area (Å²) in [6.45, 7) is 0. The molecular formula is C18H21NO2S2. The summed E-state index contributed by atoms with van der Waals surface area (Å²) in [4.78, 5) is 0.440. The van der Waals surface area contributed by atoms with E-state index in [2.05, 4.69) is 6.26 Å². The van der Waals surface area contributed by atoms with Crippen molar-refractivity contribution in [3.05, 3.63) is 42.5 Å². The Labute approximate surface area is 142 Å². The Balaban J connectivity index is 1.72. The molecule has 23 heavy (non-hydrogen) atoms. The van der Waals surface area contributed by atoms with Crippen molar-refractivity contribution in [3.63, 3.8) is 0 Å². The van der Waals surface area contributed by atoms with Gasteiger partial charge in [-0.2, -0.15) is 16.1 Å². The SMILES string of the molecule is CSC1CC2CCC(C1)N2S(=O)(=O)c1ccc2ccccc2c1. The van der Waals surface area contributed by atoms with Crippen molar-refractivity contribution >= 4 is 32.6 Å². The molecule has 2 aliphatic rings. The molecule has 2 fully saturated rings. The van der Waals surface area contributed by atoms with Gasteiger partial charge in [-0.05, 0) is 54.8 Å². The lowest BCUT2D eigenvalue weighted by Crippen LogP contribution is -2.47. The van der Waals surface area contributed by atoms with Gasteiger partial charge in [0.05, 0.1) is 4.90 Å². The minimum atomic E-state index is -3.40. The maximum atomic E-state index is 13.2. The smallest absolute Gasteiger partial charge is 0.207 e. The highest BCUT2D eigenvalue weighted by molar-refractivity contribution is 7.99. The predicted molar refractivity (Wildman–Crippen MR) is 96.3 cm³/mol. The summed E-state index contributed by atoms with van der Waals surface area (Å²) >= 11 is 1.88. The third-order valence-electron chi connectivity index (χ3n) is 5.25. The normalized spacial score (nSPS) is 28.3. The minimum Gasteiger partial charge on any atom is -0.207 e. The molecule has 2 heterocycles. The maximum absolute atomic E-state index is 13.2. The zero-order valence-electron chi connectivity index (χ0n) is 13.2. The van der Waals surface area contributed by atoms with Crippen LogP contribution in [0.3, 0.4) is 0 Å². The zero-order chi connectivity index (χ0) is 16.0. The van der Waals surface area contributed by atoms with Crippen molar-refractivity contribution < 1.29 is 8.42 Å². The van der Waals surface area contributed by atoms with E-state index in [1.165, 1.54) is 0 Å². The van der Waals surface area contributed by atoms with E-state index in [4.69, 9.17) is 0 Å². The van der Waals surface area contributed by atoms with Gasteiger partial charge in [-0.25, -0.2) is 8.42 Å². The molecule has 2 saturated heterocycles. The summed E-state index contributed by atoms with van der Waals surface area (Å²) < 4.78 is 28.2. The Bertz CT molecular complexity index is 820. The second-order valence-corrected chi connectivity index (χ2v) is 9.54. The van der Waals surface area contributed by atoms with Crippen molar-refractivity contribution in [2.24, 2.45) is 0 Å². The van der Waals surface area contributed by atoms with Crippen LogP contribution in [0.15, 0.2) is 47.4 Å². The Kier molecular flexibility index (Phi) is 3.90. The lowest BCUT2D eigenvalue weighted by Gasteiger charge is -2.37. The van der Waals surface area contributed by atoms with Crippen LogP contribution in [0.5, 0.6) is 0 Å². The van der Waals surface area contributed by atoms with Crippen LogP contribution in [0.2, 0.25) is 0 Å². The predicted octanol–water partition coefficient (Wildman–Crippen LogP) is 3.89. The molecule has 5 heteroatoms. The Morgan fingerprint density at radius 1 is 1.00 bits per heavy atom. The molecule has 2 aromatic rings. The van der Waals surface area contributed by atoms with Crippen molar-refractivity contribution in [2.45, 2.75) is 47.9 Å². The van der Waals surface area contributed by atoms with Gasteiger partial charge in [0.15, 0.2) is 0 Å². The van der Waals surface area contributed by atoms with E-state index >= 15 is 0 Å². The monoisotopic (exact) mass is 347 g/mol. The van der Waals surface area contributed by atoms with Gasteiger partial charge in [0.2, 0.25) is 10.0 Å². The van der Waals surface area contributed by atoms with Crippen LogP contribution in [0, 0.1) is 0 Å². The summed E-state index contributed by atoms with van der Waals surface area (Å²) in [5.74, 6) is 0. The van der Waals surface area contributed by atoms with Crippen LogP contribution in [-0.2, 0) is 10.0 Å². The van der Waals surface area contributed by atoms with Crippen LogP contribution in [0.1, 0.15) is 25.7 Å². The average molecular weight is 348 g/mol. The first-order chi connectivity index (χ1) is 11.1. The number of fused-ring (bicyclic) bond motifs is 3. The number of hydrogen-bond donors (Lipinski definition) is 0. The lowest BCUT2D eigenvalue weighted by atomic mass is 10.1. The highest BCUT2D eigenvalue weighted by Gasteiger charge is 2.46. The quantitative estimate of drug-likeness (QED) is 0.845. The third-order valence-corrected chi connectivity index (χ3v) is 8.31. The maximum Gasteiger partial charge on any atom is 0.243 e. The fraction of sp³-hybridized carbons (Fsp3) is 0.444. The van der Waals surface area contributed by atoms with E-state index in [-0.39, 0.29) is 12.1 Å². The largest absolute Gasteiger partial charge is 0.243 e. The van der Waals surface area contributed by atoms with E-state index in [0.29, 0.717) is 10.1 Å². The Morgan fingerprint density at radius 3 is 2.30 bits per heavy atom. The van der Waals surface area contributed by atoms with Crippen LogP contribution in [-0.4, -0.2) is 36.3 Å². The molecule has 0 aliphatic carbocycles. The van der Waals surface area contributed by atoms with E-state index in [9.17, 15) is 8.42 Å². The molecule has 0 saturated carbocycles. The number of sulfonamides is 1. The van der Waals surface area contributed by atoms with Gasteiger partial charge in [0.1, 0.15) is 0 Å². The van der Waals surface area contributed by atoms with E-state index in [1.807, 2.05) is 52.5 Å². The molecule has 2 aliphatic heterocycles. The highest BCUT2D eigenvalue weighted by Crippen LogP contribution is 2.42. The zero-order valence-corrected chi connectivity index (χ0v) is 14.8. The molecule has 2 atom stereocenters.